The Kier molecular flexibility index (Phi) is 3.56. The molecule has 6 rings (SSSR count). The number of rotatable bonds is 2. The third kappa shape index (κ3) is 2.28. The van der Waals surface area contributed by atoms with Gasteiger partial charge in [0.05, 0.1) is 16.7 Å². The van der Waals surface area contributed by atoms with E-state index in [1.807, 2.05) is 43.7 Å². The molecule has 0 saturated heterocycles. The van der Waals surface area contributed by atoms with Gasteiger partial charge in [-0.3, -0.25) is 9.78 Å². The SMILES string of the molecule is CN1Cc2c(cccc2-n2c3ccccc3c3cccc(-c4ccncc4)c32)C1=O. The predicted molar refractivity (Wildman–Crippen MR) is 120 cm³/mol. The summed E-state index contributed by atoms with van der Waals surface area (Å²) in [5.74, 6) is 0.0852. The number of hydrogen-bond donors (Lipinski definition) is 0. The molecule has 0 aliphatic carbocycles. The zero-order chi connectivity index (χ0) is 20.2. The second-order valence-corrected chi connectivity index (χ2v) is 7.75. The van der Waals surface area contributed by atoms with Crippen LogP contribution in [0.15, 0.2) is 85.2 Å². The van der Waals surface area contributed by atoms with E-state index in [0.29, 0.717) is 6.54 Å². The predicted octanol–water partition coefficient (Wildman–Crippen LogP) is 5.43. The molecule has 0 unspecified atom stereocenters. The summed E-state index contributed by atoms with van der Waals surface area (Å²) in [5, 5.41) is 2.41. The molecule has 144 valence electrons. The Morgan fingerprint density at radius 3 is 2.40 bits per heavy atom. The van der Waals surface area contributed by atoms with E-state index >= 15 is 0 Å². The highest BCUT2D eigenvalue weighted by Crippen LogP contribution is 2.39. The van der Waals surface area contributed by atoms with Crippen LogP contribution in [0.1, 0.15) is 15.9 Å². The number of para-hydroxylation sites is 2. The lowest BCUT2D eigenvalue weighted by molar-refractivity contribution is 0.0816. The van der Waals surface area contributed by atoms with Crippen LogP contribution >= 0.6 is 0 Å². The molecule has 0 spiro atoms. The maximum Gasteiger partial charge on any atom is 0.254 e. The van der Waals surface area contributed by atoms with E-state index in [1.165, 1.54) is 10.8 Å². The Labute approximate surface area is 174 Å². The normalized spacial score (nSPS) is 13.4. The molecule has 5 aromatic rings. The van der Waals surface area contributed by atoms with Gasteiger partial charge in [-0.05, 0) is 35.9 Å². The highest BCUT2D eigenvalue weighted by Gasteiger charge is 2.28. The van der Waals surface area contributed by atoms with E-state index < -0.39 is 0 Å². The third-order valence-electron chi connectivity index (χ3n) is 6.05. The Balaban J connectivity index is 1.78. The second-order valence-electron chi connectivity index (χ2n) is 7.75. The summed E-state index contributed by atoms with van der Waals surface area (Å²) in [6.45, 7) is 0.621. The molecular formula is C26H19N3O. The first-order valence-corrected chi connectivity index (χ1v) is 10.0. The molecule has 1 aliphatic rings. The molecule has 4 heteroatoms. The first-order chi connectivity index (χ1) is 14.7. The third-order valence-corrected chi connectivity index (χ3v) is 6.05. The molecule has 3 aromatic carbocycles. The number of aromatic nitrogens is 2. The van der Waals surface area contributed by atoms with Crippen LogP contribution in [0.3, 0.4) is 0 Å². The van der Waals surface area contributed by atoms with Crippen molar-refractivity contribution < 1.29 is 4.79 Å². The van der Waals surface area contributed by atoms with Crippen molar-refractivity contribution in [3.63, 3.8) is 0 Å². The van der Waals surface area contributed by atoms with Gasteiger partial charge in [-0.15, -0.1) is 0 Å². The Morgan fingerprint density at radius 1 is 0.800 bits per heavy atom. The summed E-state index contributed by atoms with van der Waals surface area (Å²) in [5.41, 5.74) is 7.52. The molecule has 0 saturated carbocycles. The number of carbonyl (C=O) groups is 1. The minimum Gasteiger partial charge on any atom is -0.337 e. The number of pyridine rings is 1. The van der Waals surface area contributed by atoms with Gasteiger partial charge < -0.3 is 9.47 Å². The van der Waals surface area contributed by atoms with E-state index in [4.69, 9.17) is 0 Å². The van der Waals surface area contributed by atoms with Crippen LogP contribution in [0, 0.1) is 0 Å². The summed E-state index contributed by atoms with van der Waals surface area (Å²) in [6, 6.07) is 25.1. The number of fused-ring (bicyclic) bond motifs is 4. The van der Waals surface area contributed by atoms with Crippen LogP contribution in [-0.2, 0) is 6.54 Å². The molecule has 0 fully saturated rings. The standard InChI is InChI=1S/C26H19N3O/c1-28-16-22-21(26(28)30)9-5-11-24(22)29-23-10-3-2-6-19(23)20-8-4-7-18(25(20)29)17-12-14-27-15-13-17/h2-15H,16H2,1H3. The van der Waals surface area contributed by atoms with E-state index in [2.05, 4.69) is 58.1 Å². The first-order valence-electron chi connectivity index (χ1n) is 10.0. The zero-order valence-electron chi connectivity index (χ0n) is 16.5. The molecule has 4 nitrogen and oxygen atoms in total. The fraction of sp³-hybridized carbons (Fsp3) is 0.0769. The average Bonchev–Trinajstić information content (AvgIpc) is 3.29. The number of nitrogens with zero attached hydrogens (tertiary/aromatic N) is 3. The number of carbonyl (C=O) groups excluding carboxylic acids is 1. The van der Waals surface area contributed by atoms with Gasteiger partial charge in [0.25, 0.3) is 5.91 Å². The molecule has 1 amide bonds. The van der Waals surface area contributed by atoms with Crippen molar-refractivity contribution in [3.05, 3.63) is 96.3 Å². The van der Waals surface area contributed by atoms with Gasteiger partial charge in [0.1, 0.15) is 0 Å². The van der Waals surface area contributed by atoms with Crippen LogP contribution in [-0.4, -0.2) is 27.4 Å². The lowest BCUT2D eigenvalue weighted by Crippen LogP contribution is -2.17. The highest BCUT2D eigenvalue weighted by atomic mass is 16.2. The lowest BCUT2D eigenvalue weighted by Gasteiger charge is -2.15. The van der Waals surface area contributed by atoms with Crippen LogP contribution < -0.4 is 0 Å². The molecule has 30 heavy (non-hydrogen) atoms. The second kappa shape index (κ2) is 6.29. The van der Waals surface area contributed by atoms with Crippen molar-refractivity contribution in [1.82, 2.24) is 14.5 Å². The average molecular weight is 389 g/mol. The van der Waals surface area contributed by atoms with Crippen molar-refractivity contribution in [3.8, 4) is 16.8 Å². The molecule has 3 heterocycles. The monoisotopic (exact) mass is 389 g/mol. The number of hydrogen-bond acceptors (Lipinski definition) is 2. The van der Waals surface area contributed by atoms with Gasteiger partial charge in [-0.1, -0.05) is 42.5 Å². The Morgan fingerprint density at radius 2 is 1.53 bits per heavy atom. The maximum atomic E-state index is 12.6. The Bertz CT molecular complexity index is 1450. The summed E-state index contributed by atoms with van der Waals surface area (Å²) in [7, 11) is 1.86. The number of benzene rings is 3. The summed E-state index contributed by atoms with van der Waals surface area (Å²) < 4.78 is 2.33. The summed E-state index contributed by atoms with van der Waals surface area (Å²) in [6.07, 6.45) is 3.66. The summed E-state index contributed by atoms with van der Waals surface area (Å²) >= 11 is 0. The minimum atomic E-state index is 0.0852. The molecule has 0 atom stereocenters. The molecular weight excluding hydrogens is 370 g/mol. The van der Waals surface area contributed by atoms with E-state index in [-0.39, 0.29) is 5.91 Å². The van der Waals surface area contributed by atoms with Gasteiger partial charge in [-0.25, -0.2) is 0 Å². The molecule has 0 N–H and O–H groups in total. The molecule has 0 bridgehead atoms. The van der Waals surface area contributed by atoms with Gasteiger partial charge >= 0.3 is 0 Å². The quantitative estimate of drug-likeness (QED) is 0.404. The van der Waals surface area contributed by atoms with Crippen LogP contribution in [0.25, 0.3) is 38.6 Å². The van der Waals surface area contributed by atoms with E-state index in [0.717, 1.165) is 39.0 Å². The van der Waals surface area contributed by atoms with Gasteiger partial charge in [0.15, 0.2) is 0 Å². The maximum absolute atomic E-state index is 12.6. The van der Waals surface area contributed by atoms with Crippen LogP contribution in [0.4, 0.5) is 0 Å². The lowest BCUT2D eigenvalue weighted by atomic mass is 10.0. The van der Waals surface area contributed by atoms with Crippen molar-refractivity contribution in [2.75, 3.05) is 7.05 Å². The zero-order valence-corrected chi connectivity index (χ0v) is 16.5. The van der Waals surface area contributed by atoms with Crippen LogP contribution in [0.5, 0.6) is 0 Å². The van der Waals surface area contributed by atoms with Crippen molar-refractivity contribution >= 4 is 27.7 Å². The Hall–Kier alpha value is -3.92. The minimum absolute atomic E-state index is 0.0852. The van der Waals surface area contributed by atoms with E-state index in [9.17, 15) is 4.79 Å². The van der Waals surface area contributed by atoms with E-state index in [1.54, 1.807) is 4.90 Å². The molecule has 0 radical (unpaired) electrons. The van der Waals surface area contributed by atoms with Gasteiger partial charge in [0, 0.05) is 53.4 Å². The fourth-order valence-electron chi connectivity index (χ4n) is 4.70. The topological polar surface area (TPSA) is 38.1 Å². The largest absolute Gasteiger partial charge is 0.337 e. The molecule has 1 aliphatic heterocycles. The summed E-state index contributed by atoms with van der Waals surface area (Å²) in [4.78, 5) is 18.6. The van der Waals surface area contributed by atoms with Crippen LogP contribution in [0.2, 0.25) is 0 Å². The van der Waals surface area contributed by atoms with Crippen molar-refractivity contribution in [2.45, 2.75) is 6.54 Å². The van der Waals surface area contributed by atoms with Crippen molar-refractivity contribution in [1.29, 1.82) is 0 Å². The number of amides is 1. The first kappa shape index (κ1) is 17.0. The molecule has 2 aromatic heterocycles. The van der Waals surface area contributed by atoms with Gasteiger partial charge in [-0.2, -0.15) is 0 Å². The van der Waals surface area contributed by atoms with Crippen molar-refractivity contribution in [2.24, 2.45) is 0 Å². The smallest absolute Gasteiger partial charge is 0.254 e. The highest BCUT2D eigenvalue weighted by molar-refractivity contribution is 6.14. The fourth-order valence-corrected chi connectivity index (χ4v) is 4.70. The van der Waals surface area contributed by atoms with Gasteiger partial charge in [0.2, 0.25) is 0 Å².